The average Bonchev–Trinajstić information content (AvgIpc) is 3.32. The third-order valence-electron chi connectivity index (χ3n) is 10.8. The molecule has 4 aliphatic heterocycles. The largest absolute Gasteiger partial charge is 0.337 e. The summed E-state index contributed by atoms with van der Waals surface area (Å²) in [5.41, 5.74) is 6.23. The molecular formula is C36H41FN4O4. The van der Waals surface area contributed by atoms with Crippen LogP contribution in [0.2, 0.25) is 0 Å². The molecule has 4 heterocycles. The van der Waals surface area contributed by atoms with Crippen molar-refractivity contribution in [3.63, 3.8) is 0 Å². The predicted octanol–water partition coefficient (Wildman–Crippen LogP) is 4.79. The van der Waals surface area contributed by atoms with Crippen molar-refractivity contribution in [3.05, 3.63) is 76.1 Å². The summed E-state index contributed by atoms with van der Waals surface area (Å²) in [4.78, 5) is 56.4. The molecule has 0 aromatic heterocycles. The third-order valence-corrected chi connectivity index (χ3v) is 10.8. The Morgan fingerprint density at radius 3 is 2.42 bits per heavy atom. The number of allylic oxidation sites excluding steroid dienone is 1. The number of hydrogen-bond acceptors (Lipinski definition) is 5. The Morgan fingerprint density at radius 2 is 1.71 bits per heavy atom. The highest BCUT2D eigenvalue weighted by atomic mass is 19.1. The highest BCUT2D eigenvalue weighted by Crippen LogP contribution is 2.45. The third kappa shape index (κ3) is 5.71. The van der Waals surface area contributed by atoms with E-state index in [1.54, 1.807) is 30.3 Å². The summed E-state index contributed by atoms with van der Waals surface area (Å²) >= 11 is 0. The van der Waals surface area contributed by atoms with Crippen LogP contribution in [0.3, 0.4) is 0 Å². The fourth-order valence-electron chi connectivity index (χ4n) is 8.03. The number of hydrogen-bond donors (Lipinski definition) is 1. The number of benzene rings is 2. The molecule has 3 saturated heterocycles. The van der Waals surface area contributed by atoms with Gasteiger partial charge in [-0.25, -0.2) is 4.39 Å². The summed E-state index contributed by atoms with van der Waals surface area (Å²) in [6.07, 6.45) is 5.88. The lowest BCUT2D eigenvalue weighted by molar-refractivity contribution is -0.136. The van der Waals surface area contributed by atoms with Gasteiger partial charge in [-0.05, 0) is 104 Å². The number of nitrogens with zero attached hydrogens (tertiary/aromatic N) is 3. The minimum absolute atomic E-state index is 0.0170. The van der Waals surface area contributed by atoms with Crippen molar-refractivity contribution in [2.75, 3.05) is 32.7 Å². The standard InChI is InChI=1S/C36H41FN4O4/c1-35(2)12-11-25(29(18-35)23-3-6-27(37)7-4-23)19-39-15-13-36(14-16-39)21-40(22-36)33(44)24-5-8-28-26(17-24)20-41(34(28)45)30-9-10-31(42)38-32(30)43/h3-8,17,30H,9-16,18-22H2,1-2H3,(H,38,42,43). The number of piperidine rings is 2. The van der Waals surface area contributed by atoms with Gasteiger partial charge in [0.2, 0.25) is 11.8 Å². The van der Waals surface area contributed by atoms with E-state index in [1.165, 1.54) is 16.0 Å². The van der Waals surface area contributed by atoms with Crippen molar-refractivity contribution in [2.45, 2.75) is 71.4 Å². The molecule has 45 heavy (non-hydrogen) atoms. The van der Waals surface area contributed by atoms with Gasteiger partial charge in [-0.1, -0.05) is 31.6 Å². The van der Waals surface area contributed by atoms with Gasteiger partial charge in [0.1, 0.15) is 11.9 Å². The summed E-state index contributed by atoms with van der Waals surface area (Å²) in [6, 6.07) is 11.5. The highest BCUT2D eigenvalue weighted by Gasteiger charge is 2.47. The number of carbonyl (C=O) groups is 4. The van der Waals surface area contributed by atoms with Crippen LogP contribution in [0.15, 0.2) is 48.0 Å². The Kier molecular flexibility index (Phi) is 7.42. The number of rotatable bonds is 5. The van der Waals surface area contributed by atoms with Crippen LogP contribution < -0.4 is 5.32 Å². The molecule has 9 heteroatoms. The summed E-state index contributed by atoms with van der Waals surface area (Å²) in [5.74, 6) is -1.20. The summed E-state index contributed by atoms with van der Waals surface area (Å²) in [7, 11) is 0. The van der Waals surface area contributed by atoms with Crippen molar-refractivity contribution in [3.8, 4) is 0 Å². The minimum atomic E-state index is -0.668. The first kappa shape index (κ1) is 29.8. The summed E-state index contributed by atoms with van der Waals surface area (Å²) < 4.78 is 13.6. The normalized spacial score (nSPS) is 24.5. The van der Waals surface area contributed by atoms with Crippen molar-refractivity contribution in [1.29, 1.82) is 0 Å². The SMILES string of the molecule is CC1(C)CCC(CN2CCC3(CC2)CN(C(=O)c2ccc4c(c2)CN(C2CCC(=O)NC2=O)C4=O)C3)=C(c2ccc(F)cc2)C1. The van der Waals surface area contributed by atoms with E-state index in [1.807, 2.05) is 17.0 Å². The van der Waals surface area contributed by atoms with Gasteiger partial charge < -0.3 is 9.80 Å². The van der Waals surface area contributed by atoms with Crippen LogP contribution in [-0.2, 0) is 16.1 Å². The molecule has 2 aromatic rings. The molecule has 1 N–H and O–H groups in total. The lowest BCUT2D eigenvalue weighted by atomic mass is 9.71. The maximum absolute atomic E-state index is 13.6. The number of amides is 4. The van der Waals surface area contributed by atoms with Crippen molar-refractivity contribution in [2.24, 2.45) is 10.8 Å². The first-order chi connectivity index (χ1) is 21.5. The second-order valence-corrected chi connectivity index (χ2v) is 14.6. The summed E-state index contributed by atoms with van der Waals surface area (Å²) in [6.45, 7) is 9.35. The highest BCUT2D eigenvalue weighted by molar-refractivity contribution is 6.06. The van der Waals surface area contributed by atoms with Crippen LogP contribution in [0, 0.1) is 16.6 Å². The van der Waals surface area contributed by atoms with Crippen LogP contribution >= 0.6 is 0 Å². The van der Waals surface area contributed by atoms with E-state index in [9.17, 15) is 23.6 Å². The van der Waals surface area contributed by atoms with Crippen LogP contribution in [-0.4, -0.2) is 77.1 Å². The molecule has 2 aromatic carbocycles. The second kappa shape index (κ2) is 11.2. The van der Waals surface area contributed by atoms with Gasteiger partial charge in [0.25, 0.3) is 11.8 Å². The van der Waals surface area contributed by atoms with Crippen LogP contribution in [0.5, 0.6) is 0 Å². The zero-order valence-corrected chi connectivity index (χ0v) is 26.2. The first-order valence-electron chi connectivity index (χ1n) is 16.3. The predicted molar refractivity (Wildman–Crippen MR) is 167 cm³/mol. The molecule has 3 fully saturated rings. The molecule has 236 valence electrons. The topological polar surface area (TPSA) is 90.0 Å². The van der Waals surface area contributed by atoms with Gasteiger partial charge in [-0.15, -0.1) is 0 Å². The Hall–Kier alpha value is -3.85. The zero-order chi connectivity index (χ0) is 31.5. The number of fused-ring (bicyclic) bond motifs is 1. The molecule has 0 radical (unpaired) electrons. The van der Waals surface area contributed by atoms with E-state index in [2.05, 4.69) is 24.1 Å². The van der Waals surface area contributed by atoms with Crippen molar-refractivity contribution in [1.82, 2.24) is 20.0 Å². The molecule has 0 bridgehead atoms. The van der Waals surface area contributed by atoms with Crippen LogP contribution in [0.25, 0.3) is 5.57 Å². The fraction of sp³-hybridized carbons (Fsp3) is 0.500. The quantitative estimate of drug-likeness (QED) is 0.491. The van der Waals surface area contributed by atoms with Gasteiger partial charge in [-0.2, -0.15) is 0 Å². The monoisotopic (exact) mass is 612 g/mol. The van der Waals surface area contributed by atoms with E-state index in [0.29, 0.717) is 17.5 Å². The molecule has 4 amide bonds. The molecular weight excluding hydrogens is 571 g/mol. The Balaban J connectivity index is 0.956. The molecule has 0 saturated carbocycles. The molecule has 1 aliphatic carbocycles. The summed E-state index contributed by atoms with van der Waals surface area (Å²) in [5, 5.41) is 2.33. The van der Waals surface area contributed by atoms with E-state index >= 15 is 0 Å². The smallest absolute Gasteiger partial charge is 0.255 e. The maximum Gasteiger partial charge on any atom is 0.255 e. The number of likely N-dealkylation sites (tertiary alicyclic amines) is 2. The second-order valence-electron chi connectivity index (χ2n) is 14.6. The number of carbonyl (C=O) groups excluding carboxylic acids is 4. The molecule has 5 aliphatic rings. The molecule has 1 atom stereocenters. The Labute approximate surface area is 263 Å². The van der Waals surface area contributed by atoms with Gasteiger partial charge >= 0.3 is 0 Å². The van der Waals surface area contributed by atoms with Crippen LogP contribution in [0.1, 0.15) is 90.6 Å². The Bertz CT molecular complexity index is 1600. The van der Waals surface area contributed by atoms with Crippen molar-refractivity contribution < 1.29 is 23.6 Å². The van der Waals surface area contributed by atoms with Gasteiger partial charge in [-0.3, -0.25) is 29.4 Å². The van der Waals surface area contributed by atoms with Gasteiger partial charge in [0, 0.05) is 49.1 Å². The molecule has 8 nitrogen and oxygen atoms in total. The lowest BCUT2D eigenvalue weighted by Crippen LogP contribution is -2.61. The van der Waals surface area contributed by atoms with Crippen molar-refractivity contribution >= 4 is 29.2 Å². The molecule has 7 rings (SSSR count). The van der Waals surface area contributed by atoms with E-state index < -0.39 is 11.9 Å². The number of nitrogens with one attached hydrogen (secondary N) is 1. The first-order valence-corrected chi connectivity index (χ1v) is 16.3. The minimum Gasteiger partial charge on any atom is -0.337 e. The molecule has 1 spiro atoms. The van der Waals surface area contributed by atoms with E-state index in [0.717, 1.165) is 76.0 Å². The van der Waals surface area contributed by atoms with Gasteiger partial charge in [0.15, 0.2) is 0 Å². The van der Waals surface area contributed by atoms with Crippen LogP contribution in [0.4, 0.5) is 4.39 Å². The van der Waals surface area contributed by atoms with Gasteiger partial charge in [0.05, 0.1) is 0 Å². The average molecular weight is 613 g/mol. The number of imide groups is 1. The van der Waals surface area contributed by atoms with E-state index in [-0.39, 0.29) is 47.3 Å². The zero-order valence-electron chi connectivity index (χ0n) is 26.2. The molecule has 1 unspecified atom stereocenters. The maximum atomic E-state index is 13.6. The Morgan fingerprint density at radius 1 is 0.978 bits per heavy atom. The van der Waals surface area contributed by atoms with E-state index in [4.69, 9.17) is 0 Å². The fourth-order valence-corrected chi connectivity index (χ4v) is 8.03. The lowest BCUT2D eigenvalue weighted by Gasteiger charge is -2.54. The number of halogens is 1.